The summed E-state index contributed by atoms with van der Waals surface area (Å²) in [6.45, 7) is 3.50. The number of fused-ring (bicyclic) bond motifs is 1. The van der Waals surface area contributed by atoms with E-state index in [1.165, 1.54) is 0 Å². The molecule has 2 aromatic carbocycles. The maximum atomic E-state index is 13.2. The van der Waals surface area contributed by atoms with Crippen LogP contribution in [0.5, 0.6) is 5.75 Å². The van der Waals surface area contributed by atoms with Gasteiger partial charge in [-0.15, -0.1) is 0 Å². The Morgan fingerprint density at radius 3 is 2.54 bits per heavy atom. The summed E-state index contributed by atoms with van der Waals surface area (Å²) >= 11 is 0. The minimum absolute atomic E-state index is 0.0360. The molecule has 0 spiro atoms. The summed E-state index contributed by atoms with van der Waals surface area (Å²) in [6.07, 6.45) is 0. The van der Waals surface area contributed by atoms with Crippen molar-refractivity contribution in [1.29, 1.82) is 5.41 Å². The molecule has 0 saturated carbocycles. The van der Waals surface area contributed by atoms with Crippen molar-refractivity contribution in [2.24, 2.45) is 0 Å². The highest BCUT2D eigenvalue weighted by Gasteiger charge is 2.50. The van der Waals surface area contributed by atoms with Gasteiger partial charge in [0.25, 0.3) is 11.8 Å². The van der Waals surface area contributed by atoms with Gasteiger partial charge in [0.1, 0.15) is 11.6 Å². The Kier molecular flexibility index (Phi) is 5.68. The number of hydrogen-bond donors (Lipinski definition) is 3. The highest BCUT2D eigenvalue weighted by Crippen LogP contribution is 2.33. The summed E-state index contributed by atoms with van der Waals surface area (Å²) in [4.78, 5) is 44.4. The molecule has 0 aromatic heterocycles. The number of ether oxygens (including phenoxy) is 1. The molecule has 5 rings (SSSR count). The quantitative estimate of drug-likeness (QED) is 0.336. The minimum Gasteiger partial charge on any atom is -0.497 e. The number of methoxy groups -OCH3 is 1. The third-order valence-corrected chi connectivity index (χ3v) is 7.01. The number of piperazine rings is 1. The number of likely N-dealkylation sites (N-methyl/N-ethyl adjacent to an activating group) is 1. The molecule has 0 aliphatic carbocycles. The van der Waals surface area contributed by atoms with E-state index < -0.39 is 17.5 Å². The zero-order valence-electron chi connectivity index (χ0n) is 19.8. The summed E-state index contributed by atoms with van der Waals surface area (Å²) in [6, 6.07) is 11.8. The predicted molar refractivity (Wildman–Crippen MR) is 128 cm³/mol. The predicted octanol–water partition coefficient (Wildman–Crippen LogP) is 0.959. The van der Waals surface area contributed by atoms with Gasteiger partial charge in [0.05, 0.1) is 13.7 Å². The molecular formula is C25H28N6O4. The van der Waals surface area contributed by atoms with E-state index in [0.29, 0.717) is 34.8 Å². The van der Waals surface area contributed by atoms with E-state index in [2.05, 4.69) is 22.6 Å². The van der Waals surface area contributed by atoms with Crippen LogP contribution in [0.2, 0.25) is 0 Å². The zero-order chi connectivity index (χ0) is 24.7. The van der Waals surface area contributed by atoms with E-state index in [4.69, 9.17) is 10.1 Å². The number of urea groups is 1. The Balaban J connectivity index is 1.45. The van der Waals surface area contributed by atoms with Gasteiger partial charge in [-0.05, 0) is 36.4 Å². The van der Waals surface area contributed by atoms with E-state index in [1.807, 2.05) is 17.0 Å². The van der Waals surface area contributed by atoms with Gasteiger partial charge >= 0.3 is 6.03 Å². The fraction of sp³-hybridized carbons (Fsp3) is 0.360. The summed E-state index contributed by atoms with van der Waals surface area (Å²) < 4.78 is 5.25. The van der Waals surface area contributed by atoms with Crippen molar-refractivity contribution >= 4 is 23.7 Å². The Morgan fingerprint density at radius 2 is 1.86 bits per heavy atom. The number of amides is 4. The first kappa shape index (κ1) is 22.9. The Morgan fingerprint density at radius 1 is 1.09 bits per heavy atom. The number of imide groups is 1. The third-order valence-electron chi connectivity index (χ3n) is 7.01. The third kappa shape index (κ3) is 3.99. The van der Waals surface area contributed by atoms with Gasteiger partial charge < -0.3 is 24.8 Å². The smallest absolute Gasteiger partial charge is 0.322 e. The van der Waals surface area contributed by atoms with Crippen LogP contribution in [0.1, 0.15) is 27.0 Å². The van der Waals surface area contributed by atoms with Gasteiger partial charge in [0, 0.05) is 43.9 Å². The summed E-state index contributed by atoms with van der Waals surface area (Å²) in [5.41, 5.74) is 1.08. The van der Waals surface area contributed by atoms with Gasteiger partial charge in [-0.2, -0.15) is 0 Å². The highest BCUT2D eigenvalue weighted by atomic mass is 16.5. The number of nitrogens with zero attached hydrogens (tertiary/aromatic N) is 3. The topological polar surface area (TPSA) is 118 Å². The van der Waals surface area contributed by atoms with Crippen molar-refractivity contribution in [3.63, 3.8) is 0 Å². The molecule has 0 radical (unpaired) electrons. The molecule has 182 valence electrons. The largest absolute Gasteiger partial charge is 0.497 e. The molecule has 3 aliphatic heterocycles. The van der Waals surface area contributed by atoms with E-state index in [-0.39, 0.29) is 12.5 Å². The van der Waals surface area contributed by atoms with Crippen LogP contribution in [-0.2, 0) is 16.9 Å². The molecule has 3 N–H and O–H groups in total. The van der Waals surface area contributed by atoms with Crippen LogP contribution in [-0.4, -0.2) is 85.3 Å². The lowest BCUT2D eigenvalue weighted by molar-refractivity contribution is -0.124. The molecule has 2 aromatic rings. The molecule has 3 aliphatic rings. The van der Waals surface area contributed by atoms with Gasteiger partial charge in [-0.3, -0.25) is 20.3 Å². The lowest BCUT2D eigenvalue weighted by Gasteiger charge is -2.35. The van der Waals surface area contributed by atoms with E-state index >= 15 is 0 Å². The average molecular weight is 477 g/mol. The molecule has 2 fully saturated rings. The van der Waals surface area contributed by atoms with Crippen LogP contribution < -0.4 is 15.4 Å². The number of benzene rings is 2. The number of rotatable bonds is 5. The summed E-state index contributed by atoms with van der Waals surface area (Å²) in [5.74, 6) is 0.202. The van der Waals surface area contributed by atoms with Crippen molar-refractivity contribution < 1.29 is 19.1 Å². The first-order chi connectivity index (χ1) is 16.8. The Bertz CT molecular complexity index is 1220. The molecule has 4 amide bonds. The van der Waals surface area contributed by atoms with Crippen molar-refractivity contribution in [1.82, 2.24) is 25.3 Å². The zero-order valence-corrected chi connectivity index (χ0v) is 19.8. The fourth-order valence-corrected chi connectivity index (χ4v) is 4.92. The second-order valence-electron chi connectivity index (χ2n) is 9.22. The van der Waals surface area contributed by atoms with Crippen LogP contribution >= 0.6 is 0 Å². The van der Waals surface area contributed by atoms with Gasteiger partial charge in [0.15, 0.2) is 5.54 Å². The number of carbonyl (C=O) groups is 3. The fourth-order valence-electron chi connectivity index (χ4n) is 4.92. The lowest BCUT2D eigenvalue weighted by Crippen LogP contribution is -2.53. The molecular weight excluding hydrogens is 448 g/mol. The molecule has 3 heterocycles. The first-order valence-electron chi connectivity index (χ1n) is 11.5. The monoisotopic (exact) mass is 476 g/mol. The number of hydrogen-bond acceptors (Lipinski definition) is 6. The van der Waals surface area contributed by atoms with E-state index in [0.717, 1.165) is 31.7 Å². The molecule has 2 saturated heterocycles. The van der Waals surface area contributed by atoms with Crippen LogP contribution in [0.3, 0.4) is 0 Å². The molecule has 0 bridgehead atoms. The van der Waals surface area contributed by atoms with Crippen LogP contribution in [0.25, 0.3) is 0 Å². The Hall–Kier alpha value is -3.92. The van der Waals surface area contributed by atoms with Crippen molar-refractivity contribution in [3.05, 3.63) is 64.7 Å². The van der Waals surface area contributed by atoms with Crippen molar-refractivity contribution in [2.75, 3.05) is 46.9 Å². The van der Waals surface area contributed by atoms with Crippen molar-refractivity contribution in [3.8, 4) is 5.75 Å². The standard InChI is InChI=1S/C25H28N6O4/c1-29-8-10-30(11-9-29)21(26)16-4-3-5-18(12-16)25(23(33)27-24(34)28-25)15-31-14-17-6-7-19(35-2)13-20(17)22(31)32/h3-7,12-13,26H,8-11,14-15H2,1-2H3,(H2,27,28,33,34)/t25-/m0/s1. The van der Waals surface area contributed by atoms with E-state index in [1.54, 1.807) is 42.3 Å². The number of carbonyl (C=O) groups excluding carboxylic acids is 3. The summed E-state index contributed by atoms with van der Waals surface area (Å²) in [7, 11) is 3.60. The average Bonchev–Trinajstić information content (AvgIpc) is 3.33. The number of nitrogens with one attached hydrogen (secondary N) is 3. The highest BCUT2D eigenvalue weighted by molar-refractivity contribution is 6.08. The second-order valence-corrected chi connectivity index (χ2v) is 9.22. The number of amidine groups is 1. The second kappa shape index (κ2) is 8.70. The van der Waals surface area contributed by atoms with Gasteiger partial charge in [-0.1, -0.05) is 24.3 Å². The molecule has 10 heteroatoms. The molecule has 10 nitrogen and oxygen atoms in total. The van der Waals surface area contributed by atoms with Gasteiger partial charge in [0.2, 0.25) is 0 Å². The maximum absolute atomic E-state index is 13.2. The van der Waals surface area contributed by atoms with Crippen LogP contribution in [0, 0.1) is 5.41 Å². The van der Waals surface area contributed by atoms with Gasteiger partial charge in [-0.25, -0.2) is 4.79 Å². The van der Waals surface area contributed by atoms with E-state index in [9.17, 15) is 14.4 Å². The Labute approximate surface area is 203 Å². The van der Waals surface area contributed by atoms with Crippen LogP contribution in [0.15, 0.2) is 42.5 Å². The normalized spacial score (nSPS) is 22.2. The SMILES string of the molecule is COc1ccc2c(c1)C(=O)N(C[C@@]1(c3cccc(C(=N)N4CCN(C)CC4)c3)NC(=O)NC1=O)C2. The van der Waals surface area contributed by atoms with Crippen LogP contribution in [0.4, 0.5) is 4.79 Å². The summed E-state index contributed by atoms with van der Waals surface area (Å²) in [5, 5.41) is 13.8. The minimum atomic E-state index is -1.46. The first-order valence-corrected chi connectivity index (χ1v) is 11.5. The van der Waals surface area contributed by atoms with Crippen molar-refractivity contribution in [2.45, 2.75) is 12.1 Å². The molecule has 1 atom stereocenters. The lowest BCUT2D eigenvalue weighted by atomic mass is 9.88. The maximum Gasteiger partial charge on any atom is 0.322 e. The molecule has 35 heavy (non-hydrogen) atoms. The molecule has 0 unspecified atom stereocenters.